The Bertz CT molecular complexity index is 585. The zero-order chi connectivity index (χ0) is 15.7. The van der Waals surface area contributed by atoms with Crippen molar-refractivity contribution in [1.29, 1.82) is 0 Å². The topological polar surface area (TPSA) is 40.6 Å². The molecule has 2 aliphatic rings. The van der Waals surface area contributed by atoms with Gasteiger partial charge in [0, 0.05) is 32.1 Å². The molecule has 0 spiro atoms. The minimum atomic E-state index is 0.172. The molecule has 22 heavy (non-hydrogen) atoms. The van der Waals surface area contributed by atoms with Gasteiger partial charge in [-0.1, -0.05) is 23.8 Å². The highest BCUT2D eigenvalue weighted by Crippen LogP contribution is 2.31. The van der Waals surface area contributed by atoms with E-state index in [0.29, 0.717) is 38.5 Å². The lowest BCUT2D eigenvalue weighted by Gasteiger charge is -2.35. The van der Waals surface area contributed by atoms with Crippen LogP contribution in [-0.2, 0) is 16.0 Å². The standard InChI is InChI=1S/C18H24N2O2/c1-13-3-4-16(14(2)11-13)12-17(21)19-7-9-20(10-8-19)18(22)15-5-6-15/h3-4,11,15H,5-10,12H2,1-2H3. The molecule has 0 N–H and O–H groups in total. The van der Waals surface area contributed by atoms with Gasteiger partial charge in [0.15, 0.2) is 0 Å². The van der Waals surface area contributed by atoms with E-state index in [9.17, 15) is 9.59 Å². The fourth-order valence-corrected chi connectivity index (χ4v) is 3.08. The molecule has 1 aliphatic heterocycles. The first-order valence-electron chi connectivity index (χ1n) is 8.17. The second-order valence-electron chi connectivity index (χ2n) is 6.59. The van der Waals surface area contributed by atoms with Crippen molar-refractivity contribution in [2.75, 3.05) is 26.2 Å². The zero-order valence-corrected chi connectivity index (χ0v) is 13.5. The van der Waals surface area contributed by atoms with E-state index in [-0.39, 0.29) is 11.8 Å². The molecule has 1 heterocycles. The molecule has 118 valence electrons. The molecule has 4 nitrogen and oxygen atoms in total. The van der Waals surface area contributed by atoms with Gasteiger partial charge < -0.3 is 9.80 Å². The third kappa shape index (κ3) is 3.32. The molecule has 4 heteroatoms. The average molecular weight is 300 g/mol. The third-order valence-corrected chi connectivity index (χ3v) is 4.71. The van der Waals surface area contributed by atoms with E-state index in [0.717, 1.165) is 18.4 Å². The summed E-state index contributed by atoms with van der Waals surface area (Å²) in [5.41, 5.74) is 3.50. The molecule has 1 aromatic rings. The SMILES string of the molecule is Cc1ccc(CC(=O)N2CCN(C(=O)C3CC3)CC2)c(C)c1. The number of benzene rings is 1. The first-order valence-corrected chi connectivity index (χ1v) is 8.17. The number of carbonyl (C=O) groups excluding carboxylic acids is 2. The van der Waals surface area contributed by atoms with E-state index in [1.165, 1.54) is 11.1 Å². The summed E-state index contributed by atoms with van der Waals surface area (Å²) < 4.78 is 0. The van der Waals surface area contributed by atoms with Crippen molar-refractivity contribution in [1.82, 2.24) is 9.80 Å². The fraction of sp³-hybridized carbons (Fsp3) is 0.556. The predicted molar refractivity (Wildman–Crippen MR) is 85.5 cm³/mol. The number of nitrogens with zero attached hydrogens (tertiary/aromatic N) is 2. The third-order valence-electron chi connectivity index (χ3n) is 4.71. The number of amides is 2. The second kappa shape index (κ2) is 6.11. The summed E-state index contributed by atoms with van der Waals surface area (Å²) in [7, 11) is 0. The lowest BCUT2D eigenvalue weighted by atomic mass is 10.0. The van der Waals surface area contributed by atoms with E-state index < -0.39 is 0 Å². The van der Waals surface area contributed by atoms with Gasteiger partial charge in [0.25, 0.3) is 0 Å². The Kier molecular flexibility index (Phi) is 4.19. The Morgan fingerprint density at radius 3 is 2.27 bits per heavy atom. The average Bonchev–Trinajstić information content (AvgIpc) is 3.34. The summed E-state index contributed by atoms with van der Waals surface area (Å²) in [6.45, 7) is 6.84. The van der Waals surface area contributed by atoms with E-state index in [1.54, 1.807) is 0 Å². The van der Waals surface area contributed by atoms with Crippen LogP contribution in [0.2, 0.25) is 0 Å². The summed E-state index contributed by atoms with van der Waals surface area (Å²) in [5.74, 6) is 0.740. The largest absolute Gasteiger partial charge is 0.339 e. The number of hydrogen-bond donors (Lipinski definition) is 0. The van der Waals surface area contributed by atoms with Gasteiger partial charge in [-0.2, -0.15) is 0 Å². The van der Waals surface area contributed by atoms with Crippen LogP contribution in [-0.4, -0.2) is 47.8 Å². The van der Waals surface area contributed by atoms with Crippen molar-refractivity contribution in [2.24, 2.45) is 5.92 Å². The Morgan fingerprint density at radius 2 is 1.68 bits per heavy atom. The number of piperazine rings is 1. The van der Waals surface area contributed by atoms with Gasteiger partial charge in [0.1, 0.15) is 0 Å². The van der Waals surface area contributed by atoms with Crippen LogP contribution in [0.3, 0.4) is 0 Å². The van der Waals surface area contributed by atoms with Crippen LogP contribution in [0.1, 0.15) is 29.5 Å². The van der Waals surface area contributed by atoms with E-state index in [4.69, 9.17) is 0 Å². The van der Waals surface area contributed by atoms with Crippen molar-refractivity contribution >= 4 is 11.8 Å². The van der Waals surface area contributed by atoms with Crippen LogP contribution in [0.4, 0.5) is 0 Å². The summed E-state index contributed by atoms with van der Waals surface area (Å²) in [4.78, 5) is 28.3. The summed E-state index contributed by atoms with van der Waals surface area (Å²) in [5, 5.41) is 0. The highest BCUT2D eigenvalue weighted by molar-refractivity contribution is 5.82. The first kappa shape index (κ1) is 15.1. The highest BCUT2D eigenvalue weighted by Gasteiger charge is 2.35. The minimum absolute atomic E-state index is 0.172. The first-order chi connectivity index (χ1) is 10.5. The number of aryl methyl sites for hydroxylation is 2. The van der Waals surface area contributed by atoms with Crippen molar-refractivity contribution < 1.29 is 9.59 Å². The molecule has 0 bridgehead atoms. The molecule has 0 unspecified atom stereocenters. The highest BCUT2D eigenvalue weighted by atomic mass is 16.2. The molecular weight excluding hydrogens is 276 g/mol. The summed E-state index contributed by atoms with van der Waals surface area (Å²) >= 11 is 0. The van der Waals surface area contributed by atoms with Crippen LogP contribution in [0.5, 0.6) is 0 Å². The van der Waals surface area contributed by atoms with E-state index >= 15 is 0 Å². The molecular formula is C18H24N2O2. The monoisotopic (exact) mass is 300 g/mol. The molecule has 1 saturated heterocycles. The van der Waals surface area contributed by atoms with Crippen LogP contribution in [0.25, 0.3) is 0 Å². The van der Waals surface area contributed by atoms with Gasteiger partial charge in [-0.3, -0.25) is 9.59 Å². The van der Waals surface area contributed by atoms with Crippen molar-refractivity contribution in [3.63, 3.8) is 0 Å². The Morgan fingerprint density at radius 1 is 1.05 bits per heavy atom. The molecule has 1 saturated carbocycles. The Balaban J connectivity index is 1.54. The molecule has 0 aromatic heterocycles. The second-order valence-corrected chi connectivity index (χ2v) is 6.59. The maximum absolute atomic E-state index is 12.4. The van der Waals surface area contributed by atoms with E-state index in [1.807, 2.05) is 9.80 Å². The Labute approximate surface area is 132 Å². The fourth-order valence-electron chi connectivity index (χ4n) is 3.08. The van der Waals surface area contributed by atoms with Gasteiger partial charge in [0.05, 0.1) is 6.42 Å². The van der Waals surface area contributed by atoms with Gasteiger partial charge in [0.2, 0.25) is 11.8 Å². The molecule has 2 fully saturated rings. The van der Waals surface area contributed by atoms with Gasteiger partial charge >= 0.3 is 0 Å². The van der Waals surface area contributed by atoms with Gasteiger partial charge in [-0.15, -0.1) is 0 Å². The van der Waals surface area contributed by atoms with Gasteiger partial charge in [-0.05, 0) is 37.8 Å². The van der Waals surface area contributed by atoms with Crippen LogP contribution >= 0.6 is 0 Å². The van der Waals surface area contributed by atoms with Gasteiger partial charge in [-0.25, -0.2) is 0 Å². The lowest BCUT2D eigenvalue weighted by molar-refractivity contribution is -0.140. The van der Waals surface area contributed by atoms with Crippen LogP contribution in [0.15, 0.2) is 18.2 Å². The predicted octanol–water partition coefficient (Wildman–Crippen LogP) is 1.93. The number of rotatable bonds is 3. The van der Waals surface area contributed by atoms with Crippen molar-refractivity contribution in [3.8, 4) is 0 Å². The smallest absolute Gasteiger partial charge is 0.227 e. The summed E-state index contributed by atoms with van der Waals surface area (Å²) in [6.07, 6.45) is 2.55. The lowest BCUT2D eigenvalue weighted by Crippen LogP contribution is -2.51. The molecule has 3 rings (SSSR count). The summed E-state index contributed by atoms with van der Waals surface area (Å²) in [6, 6.07) is 6.23. The minimum Gasteiger partial charge on any atom is -0.339 e. The molecule has 1 aliphatic carbocycles. The number of carbonyl (C=O) groups is 2. The molecule has 0 radical (unpaired) electrons. The van der Waals surface area contributed by atoms with Crippen molar-refractivity contribution in [3.05, 3.63) is 34.9 Å². The maximum atomic E-state index is 12.4. The quantitative estimate of drug-likeness (QED) is 0.856. The maximum Gasteiger partial charge on any atom is 0.227 e. The van der Waals surface area contributed by atoms with Crippen LogP contribution in [0, 0.1) is 19.8 Å². The van der Waals surface area contributed by atoms with Crippen molar-refractivity contribution in [2.45, 2.75) is 33.1 Å². The van der Waals surface area contributed by atoms with Crippen LogP contribution < -0.4 is 0 Å². The Hall–Kier alpha value is -1.84. The molecule has 0 atom stereocenters. The molecule has 2 amide bonds. The normalized spacial score (nSPS) is 18.5. The zero-order valence-electron chi connectivity index (χ0n) is 13.5. The molecule has 1 aromatic carbocycles. The van der Waals surface area contributed by atoms with E-state index in [2.05, 4.69) is 32.0 Å². The number of hydrogen-bond acceptors (Lipinski definition) is 2.